The summed E-state index contributed by atoms with van der Waals surface area (Å²) in [5.74, 6) is -2.66. The van der Waals surface area contributed by atoms with Crippen molar-refractivity contribution < 1.29 is 37.0 Å². The van der Waals surface area contributed by atoms with Crippen molar-refractivity contribution in [3.63, 3.8) is 0 Å². The van der Waals surface area contributed by atoms with Crippen molar-refractivity contribution >= 4 is 23.3 Å². The summed E-state index contributed by atoms with van der Waals surface area (Å²) < 4.78 is 47.0. The van der Waals surface area contributed by atoms with E-state index in [1.165, 1.54) is 61.5 Å². The lowest BCUT2D eigenvalue weighted by atomic mass is 9.98. The van der Waals surface area contributed by atoms with Gasteiger partial charge in [-0.1, -0.05) is 18.2 Å². The Morgan fingerprint density at radius 1 is 0.848 bits per heavy atom. The number of alkyl halides is 2. The molecule has 9 heteroatoms. The number of ketones is 1. The molecule has 0 aliphatic carbocycles. The van der Waals surface area contributed by atoms with Crippen LogP contribution in [0.4, 0.5) is 18.9 Å². The maximum Gasteiger partial charge on any atom is 0.387 e. The first-order valence-corrected chi connectivity index (χ1v) is 9.70. The number of anilines is 1. The Morgan fingerprint density at radius 3 is 2.06 bits per heavy atom. The van der Waals surface area contributed by atoms with Crippen LogP contribution >= 0.6 is 0 Å². The first-order chi connectivity index (χ1) is 15.7. The number of benzene rings is 3. The van der Waals surface area contributed by atoms with Crippen molar-refractivity contribution in [1.29, 1.82) is 0 Å². The zero-order valence-corrected chi connectivity index (χ0v) is 17.3. The molecule has 0 bridgehead atoms. The Morgan fingerprint density at radius 2 is 1.45 bits per heavy atom. The van der Waals surface area contributed by atoms with E-state index in [1.54, 1.807) is 6.07 Å². The van der Waals surface area contributed by atoms with E-state index in [2.05, 4.69) is 10.1 Å². The van der Waals surface area contributed by atoms with Crippen LogP contribution in [0.25, 0.3) is 0 Å². The van der Waals surface area contributed by atoms with Gasteiger partial charge in [-0.05, 0) is 61.5 Å². The van der Waals surface area contributed by atoms with Crippen molar-refractivity contribution in [2.45, 2.75) is 19.6 Å². The molecule has 0 saturated carbocycles. The zero-order valence-electron chi connectivity index (χ0n) is 17.3. The van der Waals surface area contributed by atoms with Crippen LogP contribution in [0.5, 0.6) is 5.75 Å². The summed E-state index contributed by atoms with van der Waals surface area (Å²) in [4.78, 5) is 37.8. The number of amides is 1. The summed E-state index contributed by atoms with van der Waals surface area (Å²) in [6.45, 7) is -1.63. The van der Waals surface area contributed by atoms with Crippen LogP contribution in [0.1, 0.15) is 33.2 Å². The molecule has 3 aromatic rings. The number of nitrogens with one attached hydrogen (secondary N) is 1. The molecule has 3 rings (SSSR count). The van der Waals surface area contributed by atoms with Crippen LogP contribution in [0.3, 0.4) is 0 Å². The van der Waals surface area contributed by atoms with E-state index >= 15 is 0 Å². The molecule has 0 aliphatic heterocycles. The summed E-state index contributed by atoms with van der Waals surface area (Å²) >= 11 is 0. The molecular weight excluding hydrogens is 439 g/mol. The van der Waals surface area contributed by atoms with Crippen molar-refractivity contribution in [3.8, 4) is 5.75 Å². The van der Waals surface area contributed by atoms with Crippen molar-refractivity contribution in [2.24, 2.45) is 0 Å². The van der Waals surface area contributed by atoms with Crippen LogP contribution in [-0.4, -0.2) is 30.4 Å². The van der Waals surface area contributed by atoms with E-state index in [0.29, 0.717) is 0 Å². The second kappa shape index (κ2) is 10.4. The van der Waals surface area contributed by atoms with Gasteiger partial charge in [0, 0.05) is 16.8 Å². The SMILES string of the molecule is C[C@H](OC(=O)c1ccccc1C(=O)c1ccc(F)cc1)C(=O)Nc1ccc(OC(F)F)cc1. The van der Waals surface area contributed by atoms with Gasteiger partial charge in [0.15, 0.2) is 11.9 Å². The Labute approximate surface area is 186 Å². The summed E-state index contributed by atoms with van der Waals surface area (Å²) in [6, 6.07) is 16.0. The number of carbonyl (C=O) groups excluding carboxylic acids is 3. The third kappa shape index (κ3) is 6.19. The van der Waals surface area contributed by atoms with Crippen LogP contribution in [0, 0.1) is 5.82 Å². The lowest BCUT2D eigenvalue weighted by Gasteiger charge is -2.15. The fourth-order valence-corrected chi connectivity index (χ4v) is 2.86. The highest BCUT2D eigenvalue weighted by Crippen LogP contribution is 2.19. The summed E-state index contributed by atoms with van der Waals surface area (Å²) in [5, 5.41) is 2.49. The molecule has 0 radical (unpaired) electrons. The normalized spacial score (nSPS) is 11.5. The molecular formula is C24H18F3NO5. The van der Waals surface area contributed by atoms with Gasteiger partial charge < -0.3 is 14.8 Å². The summed E-state index contributed by atoms with van der Waals surface area (Å²) in [7, 11) is 0. The van der Waals surface area contributed by atoms with Gasteiger partial charge in [0.05, 0.1) is 5.56 Å². The Hall–Kier alpha value is -4.14. The topological polar surface area (TPSA) is 81.7 Å². The zero-order chi connectivity index (χ0) is 24.0. The lowest BCUT2D eigenvalue weighted by Crippen LogP contribution is -2.30. The minimum atomic E-state index is -2.97. The van der Waals surface area contributed by atoms with Crippen molar-refractivity contribution in [3.05, 3.63) is 95.3 Å². The van der Waals surface area contributed by atoms with Crippen LogP contribution in [0.15, 0.2) is 72.8 Å². The van der Waals surface area contributed by atoms with E-state index in [0.717, 1.165) is 12.1 Å². The molecule has 3 aromatic carbocycles. The Kier molecular flexibility index (Phi) is 7.45. The Bertz CT molecular complexity index is 1150. The molecule has 0 heterocycles. The maximum absolute atomic E-state index is 13.1. The third-order valence-corrected chi connectivity index (χ3v) is 4.50. The first kappa shape index (κ1) is 23.5. The van der Waals surface area contributed by atoms with Crippen LogP contribution in [-0.2, 0) is 9.53 Å². The van der Waals surface area contributed by atoms with Gasteiger partial charge in [-0.3, -0.25) is 9.59 Å². The number of rotatable bonds is 8. The molecule has 0 spiro atoms. The van der Waals surface area contributed by atoms with Gasteiger partial charge in [0.1, 0.15) is 11.6 Å². The number of hydrogen-bond acceptors (Lipinski definition) is 5. The Balaban J connectivity index is 1.68. The van der Waals surface area contributed by atoms with Gasteiger partial charge in [-0.15, -0.1) is 0 Å². The second-order valence-corrected chi connectivity index (χ2v) is 6.82. The molecule has 33 heavy (non-hydrogen) atoms. The molecule has 0 fully saturated rings. The van der Waals surface area contributed by atoms with Gasteiger partial charge in [-0.2, -0.15) is 8.78 Å². The van der Waals surface area contributed by atoms with Gasteiger partial charge >= 0.3 is 12.6 Å². The average molecular weight is 457 g/mol. The number of carbonyl (C=O) groups is 3. The molecule has 1 atom stereocenters. The lowest BCUT2D eigenvalue weighted by molar-refractivity contribution is -0.123. The molecule has 0 aliphatic rings. The van der Waals surface area contributed by atoms with Crippen molar-refractivity contribution in [2.75, 3.05) is 5.32 Å². The molecule has 0 aromatic heterocycles. The van der Waals surface area contributed by atoms with E-state index < -0.39 is 36.2 Å². The molecule has 170 valence electrons. The quantitative estimate of drug-likeness (QED) is 0.387. The predicted molar refractivity (Wildman–Crippen MR) is 113 cm³/mol. The largest absolute Gasteiger partial charge is 0.449 e. The highest BCUT2D eigenvalue weighted by molar-refractivity contribution is 6.14. The number of halogens is 3. The predicted octanol–water partition coefficient (Wildman–Crippen LogP) is 4.84. The smallest absolute Gasteiger partial charge is 0.387 e. The molecule has 0 saturated heterocycles. The minimum absolute atomic E-state index is 0.0383. The molecule has 6 nitrogen and oxygen atoms in total. The van der Waals surface area contributed by atoms with Crippen LogP contribution < -0.4 is 10.1 Å². The molecule has 1 N–H and O–H groups in total. The van der Waals surface area contributed by atoms with Crippen LogP contribution in [0.2, 0.25) is 0 Å². The first-order valence-electron chi connectivity index (χ1n) is 9.70. The van der Waals surface area contributed by atoms with E-state index in [1.807, 2.05) is 0 Å². The maximum atomic E-state index is 13.1. The van der Waals surface area contributed by atoms with Gasteiger partial charge in [0.25, 0.3) is 5.91 Å². The second-order valence-electron chi connectivity index (χ2n) is 6.82. The summed E-state index contributed by atoms with van der Waals surface area (Å²) in [5.41, 5.74) is 0.439. The monoisotopic (exact) mass is 457 g/mol. The van der Waals surface area contributed by atoms with E-state index in [9.17, 15) is 27.6 Å². The average Bonchev–Trinajstić information content (AvgIpc) is 2.80. The fraction of sp³-hybridized carbons (Fsp3) is 0.125. The van der Waals surface area contributed by atoms with E-state index in [4.69, 9.17) is 4.74 Å². The van der Waals surface area contributed by atoms with Gasteiger partial charge in [-0.25, -0.2) is 9.18 Å². The van der Waals surface area contributed by atoms with E-state index in [-0.39, 0.29) is 28.1 Å². The highest BCUT2D eigenvalue weighted by atomic mass is 19.3. The van der Waals surface area contributed by atoms with Crippen molar-refractivity contribution in [1.82, 2.24) is 0 Å². The minimum Gasteiger partial charge on any atom is -0.449 e. The molecule has 0 unspecified atom stereocenters. The number of esters is 1. The van der Waals surface area contributed by atoms with Gasteiger partial charge in [0.2, 0.25) is 0 Å². The number of ether oxygens (including phenoxy) is 2. The fourth-order valence-electron chi connectivity index (χ4n) is 2.86. The highest BCUT2D eigenvalue weighted by Gasteiger charge is 2.23. The third-order valence-electron chi connectivity index (χ3n) is 4.50. The summed E-state index contributed by atoms with van der Waals surface area (Å²) in [6.07, 6.45) is -1.23. The standard InChI is InChI=1S/C24H18F3NO5/c1-14(22(30)28-17-10-12-18(13-11-17)33-24(26)27)32-23(31)20-5-3-2-4-19(20)21(29)15-6-8-16(25)9-7-15/h2-14,24H,1H3,(H,28,30)/t14-/m0/s1. The number of hydrogen-bond donors (Lipinski definition) is 1. The molecule has 1 amide bonds.